The molecule has 0 saturated heterocycles. The zero-order valence-corrected chi connectivity index (χ0v) is 18.1. The van der Waals surface area contributed by atoms with Crippen LogP contribution in [-0.2, 0) is 17.7 Å². The summed E-state index contributed by atoms with van der Waals surface area (Å²) < 4.78 is 22.1. The third-order valence-corrected chi connectivity index (χ3v) is 5.90. The fourth-order valence-electron chi connectivity index (χ4n) is 4.25. The zero-order chi connectivity index (χ0) is 23.1. The number of halogens is 1. The van der Waals surface area contributed by atoms with Gasteiger partial charge in [0.1, 0.15) is 11.6 Å². The summed E-state index contributed by atoms with van der Waals surface area (Å²) in [6.07, 6.45) is -0.123. The second-order valence-electron chi connectivity index (χ2n) is 7.95. The molecule has 1 atom stereocenters. The lowest BCUT2D eigenvalue weighted by molar-refractivity contribution is -0.00839. The van der Waals surface area contributed by atoms with Crippen LogP contribution >= 0.6 is 0 Å². The SMILES string of the molecule is COC1CN(C(=O)c2cc(Cc3n[nH]c(=O)c4ccccc34)ccc2F)Cc2nnc(C)n21. The van der Waals surface area contributed by atoms with Gasteiger partial charge in [0.05, 0.1) is 29.7 Å². The summed E-state index contributed by atoms with van der Waals surface area (Å²) in [4.78, 5) is 26.8. The van der Waals surface area contributed by atoms with Gasteiger partial charge >= 0.3 is 0 Å². The van der Waals surface area contributed by atoms with Gasteiger partial charge in [-0.1, -0.05) is 24.3 Å². The molecule has 1 N–H and O–H groups in total. The summed E-state index contributed by atoms with van der Waals surface area (Å²) in [7, 11) is 1.55. The molecular formula is C23H21FN6O3. The van der Waals surface area contributed by atoms with Gasteiger partial charge in [-0.25, -0.2) is 9.49 Å². The number of nitrogens with zero attached hydrogens (tertiary/aromatic N) is 5. The van der Waals surface area contributed by atoms with Crippen molar-refractivity contribution >= 4 is 16.7 Å². The highest BCUT2D eigenvalue weighted by atomic mass is 19.1. The maximum absolute atomic E-state index is 14.7. The zero-order valence-electron chi connectivity index (χ0n) is 18.1. The van der Waals surface area contributed by atoms with Crippen molar-refractivity contribution in [1.82, 2.24) is 29.9 Å². The van der Waals surface area contributed by atoms with Crippen LogP contribution in [0.3, 0.4) is 0 Å². The number of hydrogen-bond donors (Lipinski definition) is 1. The largest absolute Gasteiger partial charge is 0.359 e. The number of hydrogen-bond acceptors (Lipinski definition) is 6. The number of carbonyl (C=O) groups excluding carboxylic acids is 1. The van der Waals surface area contributed by atoms with Gasteiger partial charge in [-0.3, -0.25) is 14.2 Å². The van der Waals surface area contributed by atoms with Crippen molar-refractivity contribution in [2.75, 3.05) is 13.7 Å². The van der Waals surface area contributed by atoms with Crippen molar-refractivity contribution in [1.29, 1.82) is 0 Å². The molecule has 0 saturated carbocycles. The molecule has 2 aromatic carbocycles. The van der Waals surface area contributed by atoms with Crippen molar-refractivity contribution in [2.24, 2.45) is 0 Å². The van der Waals surface area contributed by atoms with Crippen LogP contribution in [0.15, 0.2) is 47.3 Å². The van der Waals surface area contributed by atoms with E-state index >= 15 is 0 Å². The highest BCUT2D eigenvalue weighted by Gasteiger charge is 2.32. The Bertz CT molecular complexity index is 1430. The van der Waals surface area contributed by atoms with Crippen molar-refractivity contribution in [3.05, 3.63) is 87.1 Å². The monoisotopic (exact) mass is 448 g/mol. The molecule has 0 spiro atoms. The van der Waals surface area contributed by atoms with E-state index in [1.54, 1.807) is 25.3 Å². The van der Waals surface area contributed by atoms with Crippen molar-refractivity contribution in [3.63, 3.8) is 0 Å². The summed E-state index contributed by atoms with van der Waals surface area (Å²) >= 11 is 0. The summed E-state index contributed by atoms with van der Waals surface area (Å²) in [6.45, 7) is 2.27. The highest BCUT2D eigenvalue weighted by molar-refractivity contribution is 5.94. The summed E-state index contributed by atoms with van der Waals surface area (Å²) in [5.41, 5.74) is 1.02. The minimum Gasteiger partial charge on any atom is -0.359 e. The molecule has 168 valence electrons. The lowest BCUT2D eigenvalue weighted by Crippen LogP contribution is -2.42. The molecule has 1 aliphatic heterocycles. The smallest absolute Gasteiger partial charge is 0.272 e. The average molecular weight is 448 g/mol. The third kappa shape index (κ3) is 3.68. The number of rotatable bonds is 4. The van der Waals surface area contributed by atoms with E-state index in [4.69, 9.17) is 4.74 Å². The Labute approximate surface area is 187 Å². The van der Waals surface area contributed by atoms with Crippen LogP contribution in [-0.4, -0.2) is 49.4 Å². The number of aromatic nitrogens is 5. The van der Waals surface area contributed by atoms with Gasteiger partial charge < -0.3 is 9.64 Å². The molecule has 0 radical (unpaired) electrons. The number of aryl methyl sites for hydroxylation is 1. The second-order valence-corrected chi connectivity index (χ2v) is 7.95. The number of benzene rings is 2. The summed E-state index contributed by atoms with van der Waals surface area (Å²) in [6, 6.07) is 11.6. The van der Waals surface area contributed by atoms with E-state index in [9.17, 15) is 14.0 Å². The van der Waals surface area contributed by atoms with E-state index in [0.29, 0.717) is 40.1 Å². The highest BCUT2D eigenvalue weighted by Crippen LogP contribution is 2.25. The van der Waals surface area contributed by atoms with Crippen LogP contribution in [0.4, 0.5) is 4.39 Å². The van der Waals surface area contributed by atoms with Gasteiger partial charge in [0.2, 0.25) is 0 Å². The van der Waals surface area contributed by atoms with E-state index in [-0.39, 0.29) is 24.2 Å². The third-order valence-electron chi connectivity index (χ3n) is 5.90. The van der Waals surface area contributed by atoms with Gasteiger partial charge in [-0.05, 0) is 30.7 Å². The number of methoxy groups -OCH3 is 1. The Morgan fingerprint density at radius 3 is 2.79 bits per heavy atom. The molecule has 3 heterocycles. The molecule has 0 bridgehead atoms. The van der Waals surface area contributed by atoms with Gasteiger partial charge in [0.25, 0.3) is 11.5 Å². The normalized spacial score (nSPS) is 15.6. The first-order chi connectivity index (χ1) is 16.0. The number of H-pyrrole nitrogens is 1. The Kier molecular flexibility index (Phi) is 5.21. The van der Waals surface area contributed by atoms with Crippen molar-refractivity contribution in [3.8, 4) is 0 Å². The molecule has 9 nitrogen and oxygen atoms in total. The lowest BCUT2D eigenvalue weighted by atomic mass is 10.0. The molecular weight excluding hydrogens is 427 g/mol. The van der Waals surface area contributed by atoms with Crippen LogP contribution in [0.1, 0.15) is 39.5 Å². The lowest BCUT2D eigenvalue weighted by Gasteiger charge is -2.33. The number of aromatic amines is 1. The van der Waals surface area contributed by atoms with Crippen LogP contribution in [0.2, 0.25) is 0 Å². The fourth-order valence-corrected chi connectivity index (χ4v) is 4.25. The first kappa shape index (κ1) is 21.0. The van der Waals surface area contributed by atoms with Gasteiger partial charge in [0.15, 0.2) is 12.1 Å². The van der Waals surface area contributed by atoms with Crippen LogP contribution < -0.4 is 5.56 Å². The predicted octanol–water partition coefficient (Wildman–Crippen LogP) is 2.35. The molecule has 10 heteroatoms. The number of amides is 1. The van der Waals surface area contributed by atoms with Crippen LogP contribution in [0.25, 0.3) is 10.8 Å². The van der Waals surface area contributed by atoms with Crippen molar-refractivity contribution in [2.45, 2.75) is 26.1 Å². The van der Waals surface area contributed by atoms with Gasteiger partial charge in [-0.2, -0.15) is 5.10 Å². The first-order valence-electron chi connectivity index (χ1n) is 10.4. The molecule has 1 unspecified atom stereocenters. The average Bonchev–Trinajstić information content (AvgIpc) is 3.22. The summed E-state index contributed by atoms with van der Waals surface area (Å²) in [5, 5.41) is 16.1. The minimum absolute atomic E-state index is 0.0410. The Balaban J connectivity index is 1.46. The topological polar surface area (TPSA) is 106 Å². The molecule has 33 heavy (non-hydrogen) atoms. The molecule has 2 aromatic heterocycles. The van der Waals surface area contributed by atoms with Crippen molar-refractivity contribution < 1.29 is 13.9 Å². The summed E-state index contributed by atoms with van der Waals surface area (Å²) in [5.74, 6) is 0.208. The molecule has 0 fully saturated rings. The van der Waals surface area contributed by atoms with E-state index in [1.807, 2.05) is 23.6 Å². The number of ether oxygens (including phenoxy) is 1. The predicted molar refractivity (Wildman–Crippen MR) is 117 cm³/mol. The standard InChI is InChI=1S/C23H21FN6O3/c1-13-25-27-20-11-29(12-21(33-2)30(13)20)23(32)17-9-14(7-8-18(17)24)10-19-15-5-3-4-6-16(15)22(31)28-26-19/h3-9,21H,10-12H2,1-2H3,(H,28,31). The molecule has 1 amide bonds. The molecule has 1 aliphatic rings. The number of carbonyl (C=O) groups is 1. The maximum atomic E-state index is 14.7. The second kappa shape index (κ2) is 8.21. The first-order valence-corrected chi connectivity index (χ1v) is 10.4. The van der Waals surface area contributed by atoms with Gasteiger partial charge in [0, 0.05) is 18.9 Å². The molecule has 0 aliphatic carbocycles. The fraction of sp³-hybridized carbons (Fsp3) is 0.261. The van der Waals surface area contributed by atoms with Gasteiger partial charge in [-0.15, -0.1) is 10.2 Å². The number of fused-ring (bicyclic) bond motifs is 2. The van der Waals surface area contributed by atoms with Crippen LogP contribution in [0.5, 0.6) is 0 Å². The van der Waals surface area contributed by atoms with E-state index in [1.165, 1.54) is 17.0 Å². The quantitative estimate of drug-likeness (QED) is 0.514. The van der Waals surface area contributed by atoms with E-state index < -0.39 is 18.0 Å². The Hall–Kier alpha value is -3.92. The Morgan fingerprint density at radius 1 is 1.21 bits per heavy atom. The van der Waals surface area contributed by atoms with Crippen LogP contribution in [0, 0.1) is 12.7 Å². The molecule has 4 aromatic rings. The number of nitrogens with one attached hydrogen (secondary N) is 1. The maximum Gasteiger partial charge on any atom is 0.272 e. The minimum atomic E-state index is -0.611. The molecule has 5 rings (SSSR count). The Morgan fingerprint density at radius 2 is 2.00 bits per heavy atom. The van der Waals surface area contributed by atoms with E-state index in [2.05, 4.69) is 20.4 Å². The van der Waals surface area contributed by atoms with E-state index in [0.717, 1.165) is 0 Å².